The number of aryl methyl sites for hydroxylation is 2. The van der Waals surface area contributed by atoms with E-state index < -0.39 is 24.3 Å². The number of thiophene rings is 1. The lowest BCUT2D eigenvalue weighted by Crippen LogP contribution is -2.38. The highest BCUT2D eigenvalue weighted by molar-refractivity contribution is 7.14. The van der Waals surface area contributed by atoms with Crippen molar-refractivity contribution in [1.82, 2.24) is 19.8 Å². The minimum Gasteiger partial charge on any atom is -0.475 e. The van der Waals surface area contributed by atoms with Crippen LogP contribution in [0.25, 0.3) is 0 Å². The number of amides is 1. The number of halogens is 6. The van der Waals surface area contributed by atoms with Gasteiger partial charge in [-0.1, -0.05) is 0 Å². The van der Waals surface area contributed by atoms with E-state index in [-0.39, 0.29) is 5.91 Å². The number of carboxylic acids is 2. The summed E-state index contributed by atoms with van der Waals surface area (Å²) in [6.45, 7) is 5.96. The Morgan fingerprint density at radius 3 is 2.05 bits per heavy atom. The molecule has 224 valence electrons. The first-order chi connectivity index (χ1) is 18.6. The van der Waals surface area contributed by atoms with E-state index in [0.29, 0.717) is 12.0 Å². The predicted molar refractivity (Wildman–Crippen MR) is 132 cm³/mol. The van der Waals surface area contributed by atoms with Gasteiger partial charge >= 0.3 is 24.3 Å². The second kappa shape index (κ2) is 14.5. The molecule has 16 heteroatoms. The van der Waals surface area contributed by atoms with Gasteiger partial charge in [0.05, 0.1) is 4.88 Å². The van der Waals surface area contributed by atoms with E-state index in [9.17, 15) is 31.1 Å². The molecule has 2 aliphatic rings. The lowest BCUT2D eigenvalue weighted by atomic mass is 9.93. The molecule has 0 aliphatic carbocycles. The van der Waals surface area contributed by atoms with Crippen LogP contribution in [0.2, 0.25) is 0 Å². The van der Waals surface area contributed by atoms with Crippen LogP contribution >= 0.6 is 11.3 Å². The van der Waals surface area contributed by atoms with E-state index >= 15 is 0 Å². The van der Waals surface area contributed by atoms with Crippen LogP contribution in [-0.4, -0.2) is 74.5 Å². The molecule has 1 atom stereocenters. The highest BCUT2D eigenvalue weighted by Gasteiger charge is 2.39. The Hall–Kier alpha value is -3.14. The topological polar surface area (TPSA) is 125 Å². The number of nitrogens with zero attached hydrogens (tertiary/aromatic N) is 3. The molecule has 3 N–H and O–H groups in total. The zero-order chi connectivity index (χ0) is 30.1. The van der Waals surface area contributed by atoms with Gasteiger partial charge in [0.25, 0.3) is 5.91 Å². The van der Waals surface area contributed by atoms with E-state index in [4.69, 9.17) is 19.8 Å². The smallest absolute Gasteiger partial charge is 0.475 e. The maximum absolute atomic E-state index is 12.8. The monoisotopic (exact) mass is 600 g/mol. The first kappa shape index (κ1) is 33.1. The lowest BCUT2D eigenvalue weighted by Gasteiger charge is -2.32. The van der Waals surface area contributed by atoms with Crippen LogP contribution in [0.5, 0.6) is 0 Å². The van der Waals surface area contributed by atoms with Gasteiger partial charge in [-0.05, 0) is 63.6 Å². The standard InChI is InChI=1S/C20H28N4OS.2C2HF3O2/c1-15-21-10-14-23(15)11-6-16-7-12-24(13-8-16)20(25)19-5-4-18(26-19)17-3-2-9-22-17;2*3-2(4,5)1(6)7/h4-5,10,14,16-17,22H,2-3,6-9,11-13H2,1H3;2*(H,6,7). The largest absolute Gasteiger partial charge is 0.490 e. The van der Waals surface area contributed by atoms with Crippen molar-refractivity contribution in [3.05, 3.63) is 40.1 Å². The van der Waals surface area contributed by atoms with Crippen LogP contribution in [-0.2, 0) is 16.1 Å². The number of carbonyl (C=O) groups excluding carboxylic acids is 1. The van der Waals surface area contributed by atoms with Crippen LogP contribution in [0.1, 0.15) is 58.5 Å². The number of imidazole rings is 1. The molecule has 2 saturated heterocycles. The number of aromatic nitrogens is 2. The highest BCUT2D eigenvalue weighted by atomic mass is 32.1. The summed E-state index contributed by atoms with van der Waals surface area (Å²) in [5, 5.41) is 17.8. The third-order valence-corrected chi connectivity index (χ3v) is 7.52. The number of likely N-dealkylation sites (tertiary alicyclic amines) is 1. The van der Waals surface area contributed by atoms with Gasteiger partial charge in [-0.15, -0.1) is 11.3 Å². The van der Waals surface area contributed by atoms with Crippen molar-refractivity contribution in [2.75, 3.05) is 19.6 Å². The molecular weight excluding hydrogens is 570 g/mol. The zero-order valence-electron chi connectivity index (χ0n) is 21.5. The van der Waals surface area contributed by atoms with Gasteiger partial charge in [0, 0.05) is 42.9 Å². The number of aliphatic carboxylic acids is 2. The van der Waals surface area contributed by atoms with Crippen molar-refractivity contribution in [3.8, 4) is 0 Å². The summed E-state index contributed by atoms with van der Waals surface area (Å²) < 4.78 is 65.7. The van der Waals surface area contributed by atoms with Gasteiger partial charge in [-0.25, -0.2) is 14.6 Å². The van der Waals surface area contributed by atoms with Crippen molar-refractivity contribution >= 4 is 29.2 Å². The van der Waals surface area contributed by atoms with E-state index in [2.05, 4.69) is 39.0 Å². The lowest BCUT2D eigenvalue weighted by molar-refractivity contribution is -0.193. The summed E-state index contributed by atoms with van der Waals surface area (Å²) in [4.78, 5) is 39.2. The summed E-state index contributed by atoms with van der Waals surface area (Å²) in [7, 11) is 0. The average Bonchev–Trinajstić information content (AvgIpc) is 3.64. The van der Waals surface area contributed by atoms with Crippen LogP contribution in [0, 0.1) is 12.8 Å². The fourth-order valence-corrected chi connectivity index (χ4v) is 5.21. The number of nitrogens with one attached hydrogen (secondary N) is 1. The minimum atomic E-state index is -5.08. The van der Waals surface area contributed by atoms with Gasteiger partial charge < -0.3 is 25.0 Å². The van der Waals surface area contributed by atoms with E-state index in [1.807, 2.05) is 12.3 Å². The Labute approximate surface area is 229 Å². The Bertz CT molecular complexity index is 1100. The number of hydrogen-bond donors (Lipinski definition) is 3. The van der Waals surface area contributed by atoms with E-state index in [1.165, 1.54) is 24.1 Å². The van der Waals surface area contributed by atoms with Crippen molar-refractivity contribution in [2.45, 2.75) is 64.0 Å². The molecule has 40 heavy (non-hydrogen) atoms. The molecule has 4 heterocycles. The molecule has 1 amide bonds. The molecule has 0 spiro atoms. The van der Waals surface area contributed by atoms with Gasteiger partial charge in [-0.3, -0.25) is 4.79 Å². The van der Waals surface area contributed by atoms with Crippen molar-refractivity contribution < 1.29 is 50.9 Å². The highest BCUT2D eigenvalue weighted by Crippen LogP contribution is 2.31. The molecule has 2 fully saturated rings. The molecule has 9 nitrogen and oxygen atoms in total. The van der Waals surface area contributed by atoms with Gasteiger partial charge in [0.1, 0.15) is 5.82 Å². The maximum Gasteiger partial charge on any atom is 0.490 e. The molecule has 0 radical (unpaired) electrons. The van der Waals surface area contributed by atoms with E-state index in [0.717, 1.165) is 49.7 Å². The summed E-state index contributed by atoms with van der Waals surface area (Å²) in [5.41, 5.74) is 0. The number of carboxylic acid groups (broad SMARTS) is 2. The fourth-order valence-electron chi connectivity index (χ4n) is 4.12. The molecule has 4 rings (SSSR count). The average molecular weight is 601 g/mol. The predicted octanol–water partition coefficient (Wildman–Crippen LogP) is 4.89. The second-order valence-electron chi connectivity index (χ2n) is 9.15. The first-order valence-corrected chi connectivity index (χ1v) is 13.1. The maximum atomic E-state index is 12.8. The van der Waals surface area contributed by atoms with Crippen LogP contribution in [0.15, 0.2) is 24.5 Å². The SMILES string of the molecule is Cc1nccn1CCC1CCN(C(=O)c2ccc(C3CCCN3)s2)CC1.O=C(O)C(F)(F)F.O=C(O)C(F)(F)F. The summed E-state index contributed by atoms with van der Waals surface area (Å²) in [5.74, 6) is -3.49. The number of piperidine rings is 1. The van der Waals surface area contributed by atoms with Crippen molar-refractivity contribution in [3.63, 3.8) is 0 Å². The summed E-state index contributed by atoms with van der Waals surface area (Å²) >= 11 is 1.68. The molecule has 2 aromatic rings. The van der Waals surface area contributed by atoms with Gasteiger partial charge in [0.2, 0.25) is 0 Å². The van der Waals surface area contributed by atoms with Crippen LogP contribution < -0.4 is 5.32 Å². The second-order valence-corrected chi connectivity index (χ2v) is 10.3. The zero-order valence-corrected chi connectivity index (χ0v) is 22.3. The molecule has 2 aliphatic heterocycles. The fraction of sp³-hybridized carbons (Fsp3) is 0.583. The van der Waals surface area contributed by atoms with Crippen LogP contribution in [0.3, 0.4) is 0 Å². The number of carbonyl (C=O) groups is 3. The van der Waals surface area contributed by atoms with Crippen molar-refractivity contribution in [2.24, 2.45) is 5.92 Å². The summed E-state index contributed by atoms with van der Waals surface area (Å²) in [6, 6.07) is 4.62. The summed E-state index contributed by atoms with van der Waals surface area (Å²) in [6.07, 6.45) is -0.415. The molecule has 1 unspecified atom stereocenters. The quantitative estimate of drug-likeness (QED) is 0.418. The minimum absolute atomic E-state index is 0.225. The third kappa shape index (κ3) is 10.4. The van der Waals surface area contributed by atoms with Gasteiger partial charge in [0.15, 0.2) is 0 Å². The van der Waals surface area contributed by atoms with E-state index in [1.54, 1.807) is 11.3 Å². The van der Waals surface area contributed by atoms with Crippen molar-refractivity contribution in [1.29, 1.82) is 0 Å². The Kier molecular flexibility index (Phi) is 12.0. The number of rotatable bonds is 5. The normalized spacial score (nSPS) is 17.9. The molecular formula is C24H30F6N4O5S. The Balaban J connectivity index is 0.000000333. The number of hydrogen-bond acceptors (Lipinski definition) is 6. The van der Waals surface area contributed by atoms with Crippen LogP contribution in [0.4, 0.5) is 26.3 Å². The first-order valence-electron chi connectivity index (χ1n) is 12.3. The Morgan fingerprint density at radius 1 is 1.02 bits per heavy atom. The molecule has 2 aromatic heterocycles. The molecule has 0 saturated carbocycles. The third-order valence-electron chi connectivity index (χ3n) is 6.33. The number of alkyl halides is 6. The molecule has 0 bridgehead atoms. The van der Waals surface area contributed by atoms with Gasteiger partial charge in [-0.2, -0.15) is 26.3 Å². The molecule has 0 aromatic carbocycles. The Morgan fingerprint density at radius 2 is 1.60 bits per heavy atom.